The van der Waals surface area contributed by atoms with Gasteiger partial charge in [0.2, 0.25) is 5.91 Å². The quantitative estimate of drug-likeness (QED) is 0.654. The highest BCUT2D eigenvalue weighted by molar-refractivity contribution is 5.85. The molecule has 1 amide bonds. The van der Waals surface area contributed by atoms with Crippen LogP contribution in [-0.2, 0) is 11.2 Å². The van der Waals surface area contributed by atoms with Gasteiger partial charge in [-0.05, 0) is 12.5 Å². The number of nitrogens with zero attached hydrogens (tertiary/aromatic N) is 2. The fourth-order valence-corrected chi connectivity index (χ4v) is 1.48. The van der Waals surface area contributed by atoms with Crippen LogP contribution < -0.4 is 5.73 Å². The summed E-state index contributed by atoms with van der Waals surface area (Å²) in [6, 6.07) is 6.05. The molecule has 1 atom stereocenters. The molecule has 0 heterocycles. The monoisotopic (exact) mass is 287 g/mol. The third-order valence-electron chi connectivity index (χ3n) is 2.87. The van der Waals surface area contributed by atoms with Crippen LogP contribution in [0.25, 0.3) is 0 Å². The Bertz CT molecular complexity index is 454. The highest BCUT2D eigenvalue weighted by atomic mass is 35.5. The topological polar surface area (TPSA) is 89.5 Å². The molecule has 0 aromatic heterocycles. The number of non-ortho nitro benzene ring substituents is 1. The van der Waals surface area contributed by atoms with E-state index >= 15 is 0 Å². The first-order chi connectivity index (χ1) is 8.45. The fourth-order valence-electron chi connectivity index (χ4n) is 1.48. The van der Waals surface area contributed by atoms with Crippen LogP contribution in [0.3, 0.4) is 0 Å². The van der Waals surface area contributed by atoms with Gasteiger partial charge in [-0.1, -0.05) is 12.1 Å². The van der Waals surface area contributed by atoms with Crippen LogP contribution in [0.4, 0.5) is 5.69 Å². The third kappa shape index (κ3) is 4.84. The van der Waals surface area contributed by atoms with E-state index in [-0.39, 0.29) is 36.5 Å². The van der Waals surface area contributed by atoms with Gasteiger partial charge in [0.25, 0.3) is 5.69 Å². The summed E-state index contributed by atoms with van der Waals surface area (Å²) in [6.45, 7) is 2.24. The molecule has 19 heavy (non-hydrogen) atoms. The first kappa shape index (κ1) is 17.3. The zero-order valence-corrected chi connectivity index (χ0v) is 11.7. The largest absolute Gasteiger partial charge is 0.341 e. The van der Waals surface area contributed by atoms with Crippen LogP contribution >= 0.6 is 12.4 Å². The van der Waals surface area contributed by atoms with E-state index < -0.39 is 4.92 Å². The van der Waals surface area contributed by atoms with Crippen molar-refractivity contribution in [2.45, 2.75) is 19.4 Å². The van der Waals surface area contributed by atoms with Crippen LogP contribution in [0.1, 0.15) is 12.5 Å². The summed E-state index contributed by atoms with van der Waals surface area (Å²) in [4.78, 5) is 23.6. The lowest BCUT2D eigenvalue weighted by molar-refractivity contribution is -0.384. The molecule has 0 saturated heterocycles. The molecule has 0 aliphatic carbocycles. The van der Waals surface area contributed by atoms with E-state index in [9.17, 15) is 14.9 Å². The number of rotatable bonds is 5. The van der Waals surface area contributed by atoms with Crippen molar-refractivity contribution in [2.75, 3.05) is 13.6 Å². The second kappa shape index (κ2) is 7.70. The van der Waals surface area contributed by atoms with Gasteiger partial charge in [0.1, 0.15) is 0 Å². The molecule has 7 heteroatoms. The van der Waals surface area contributed by atoms with Gasteiger partial charge in [0.05, 0.1) is 11.3 Å². The van der Waals surface area contributed by atoms with Crippen LogP contribution in [0.5, 0.6) is 0 Å². The Labute approximate surface area is 118 Å². The van der Waals surface area contributed by atoms with Crippen molar-refractivity contribution in [1.82, 2.24) is 4.90 Å². The second-order valence-corrected chi connectivity index (χ2v) is 4.19. The van der Waals surface area contributed by atoms with Crippen molar-refractivity contribution in [2.24, 2.45) is 5.73 Å². The number of halogens is 1. The summed E-state index contributed by atoms with van der Waals surface area (Å²) in [5, 5.41) is 10.6. The molecule has 0 bridgehead atoms. The summed E-state index contributed by atoms with van der Waals surface area (Å²) >= 11 is 0. The van der Waals surface area contributed by atoms with Crippen LogP contribution in [0.15, 0.2) is 24.3 Å². The van der Waals surface area contributed by atoms with E-state index in [1.54, 1.807) is 24.1 Å². The van der Waals surface area contributed by atoms with Gasteiger partial charge >= 0.3 is 0 Å². The lowest BCUT2D eigenvalue weighted by atomic mass is 10.1. The first-order valence-corrected chi connectivity index (χ1v) is 5.64. The van der Waals surface area contributed by atoms with E-state index in [2.05, 4.69) is 0 Å². The van der Waals surface area contributed by atoms with Gasteiger partial charge in [0, 0.05) is 31.8 Å². The van der Waals surface area contributed by atoms with Crippen molar-refractivity contribution in [3.63, 3.8) is 0 Å². The Morgan fingerprint density at radius 1 is 1.53 bits per heavy atom. The first-order valence-electron chi connectivity index (χ1n) is 5.64. The molecule has 0 radical (unpaired) electrons. The van der Waals surface area contributed by atoms with Crippen molar-refractivity contribution in [1.29, 1.82) is 0 Å². The summed E-state index contributed by atoms with van der Waals surface area (Å²) < 4.78 is 0. The molecule has 106 valence electrons. The van der Waals surface area contributed by atoms with Gasteiger partial charge in [0.15, 0.2) is 0 Å². The molecule has 6 nitrogen and oxygen atoms in total. The van der Waals surface area contributed by atoms with E-state index in [0.717, 1.165) is 0 Å². The Morgan fingerprint density at radius 2 is 2.16 bits per heavy atom. The van der Waals surface area contributed by atoms with Crippen LogP contribution in [0, 0.1) is 10.1 Å². The Morgan fingerprint density at radius 3 is 2.68 bits per heavy atom. The minimum Gasteiger partial charge on any atom is -0.341 e. The molecule has 1 unspecified atom stereocenters. The number of carbonyl (C=O) groups excluding carboxylic acids is 1. The standard InChI is InChI=1S/C12H17N3O3.ClH/c1-9(8-13)14(2)12(16)7-10-4-3-5-11(6-10)15(17)18;/h3-6,9H,7-8,13H2,1-2H3;1H. The zero-order chi connectivity index (χ0) is 13.7. The fraction of sp³-hybridized carbons (Fsp3) is 0.417. The van der Waals surface area contributed by atoms with Gasteiger partial charge in [-0.3, -0.25) is 14.9 Å². The van der Waals surface area contributed by atoms with Crippen molar-refractivity contribution in [3.8, 4) is 0 Å². The predicted molar refractivity (Wildman–Crippen MR) is 75.3 cm³/mol. The zero-order valence-electron chi connectivity index (χ0n) is 10.9. The number of nitro groups is 1. The number of nitrogens with two attached hydrogens (primary N) is 1. The lowest BCUT2D eigenvalue weighted by Gasteiger charge is -2.23. The second-order valence-electron chi connectivity index (χ2n) is 4.19. The molecule has 0 spiro atoms. The minimum atomic E-state index is -0.472. The maximum Gasteiger partial charge on any atom is 0.269 e. The molecule has 0 aliphatic rings. The van der Waals surface area contributed by atoms with E-state index in [1.807, 2.05) is 6.92 Å². The highest BCUT2D eigenvalue weighted by Gasteiger charge is 2.15. The summed E-state index contributed by atoms with van der Waals surface area (Å²) in [5.41, 5.74) is 6.11. The minimum absolute atomic E-state index is 0. The van der Waals surface area contributed by atoms with Crippen LogP contribution in [0.2, 0.25) is 0 Å². The summed E-state index contributed by atoms with van der Waals surface area (Å²) in [5.74, 6) is -0.103. The van der Waals surface area contributed by atoms with Gasteiger partial charge < -0.3 is 10.6 Å². The number of hydrogen-bond acceptors (Lipinski definition) is 4. The number of likely N-dealkylation sites (N-methyl/N-ethyl adjacent to an activating group) is 1. The number of hydrogen-bond donors (Lipinski definition) is 1. The van der Waals surface area contributed by atoms with E-state index in [4.69, 9.17) is 5.73 Å². The maximum atomic E-state index is 11.9. The average Bonchev–Trinajstić information content (AvgIpc) is 2.37. The Balaban J connectivity index is 0.00000324. The molecule has 1 rings (SSSR count). The molecule has 1 aromatic carbocycles. The van der Waals surface area contributed by atoms with Gasteiger partial charge in [-0.15, -0.1) is 12.4 Å². The van der Waals surface area contributed by atoms with Crippen molar-refractivity contribution < 1.29 is 9.72 Å². The Hall–Kier alpha value is -1.66. The van der Waals surface area contributed by atoms with E-state index in [0.29, 0.717) is 12.1 Å². The SMILES string of the molecule is CC(CN)N(C)C(=O)Cc1cccc([N+](=O)[O-])c1.Cl. The van der Waals surface area contributed by atoms with E-state index in [1.165, 1.54) is 12.1 Å². The number of carbonyl (C=O) groups is 1. The summed E-state index contributed by atoms with van der Waals surface area (Å²) in [7, 11) is 1.68. The smallest absolute Gasteiger partial charge is 0.269 e. The third-order valence-corrected chi connectivity index (χ3v) is 2.87. The normalized spacial score (nSPS) is 11.3. The molecule has 0 aliphatic heterocycles. The maximum absolute atomic E-state index is 11.9. The van der Waals surface area contributed by atoms with Gasteiger partial charge in [-0.25, -0.2) is 0 Å². The molecule has 2 N–H and O–H groups in total. The highest BCUT2D eigenvalue weighted by Crippen LogP contribution is 2.14. The molecular weight excluding hydrogens is 270 g/mol. The molecular formula is C12H18ClN3O3. The molecule has 0 fully saturated rings. The average molecular weight is 288 g/mol. The number of amides is 1. The molecule has 0 saturated carbocycles. The predicted octanol–water partition coefficient (Wildman–Crippen LogP) is 1.36. The summed E-state index contributed by atoms with van der Waals surface area (Å²) in [6.07, 6.45) is 0.141. The van der Waals surface area contributed by atoms with Crippen molar-refractivity contribution >= 4 is 24.0 Å². The number of nitro benzene ring substituents is 1. The molecule has 1 aromatic rings. The number of benzene rings is 1. The van der Waals surface area contributed by atoms with Gasteiger partial charge in [-0.2, -0.15) is 0 Å². The van der Waals surface area contributed by atoms with Crippen LogP contribution in [-0.4, -0.2) is 35.4 Å². The lowest BCUT2D eigenvalue weighted by Crippen LogP contribution is -2.40. The van der Waals surface area contributed by atoms with Crippen molar-refractivity contribution in [3.05, 3.63) is 39.9 Å². The Kier molecular flexibility index (Phi) is 7.03.